The summed E-state index contributed by atoms with van der Waals surface area (Å²) in [4.78, 5) is 49.5. The largest absolute Gasteiger partial charge is 0.462 e. The number of carbonyl (C=O) groups excluding carboxylic acids is 4. The number of carbonyl (C=O) groups is 4. The van der Waals surface area contributed by atoms with E-state index in [1.54, 1.807) is 0 Å². The molecule has 2 spiro atoms. The predicted molar refractivity (Wildman–Crippen MR) is 173 cm³/mol. The topological polar surface area (TPSA) is 114 Å². The van der Waals surface area contributed by atoms with Crippen LogP contribution in [-0.4, -0.2) is 59.5 Å². The number of esters is 4. The van der Waals surface area contributed by atoms with E-state index >= 15 is 0 Å². The van der Waals surface area contributed by atoms with Crippen molar-refractivity contribution in [1.29, 1.82) is 0 Å². The zero-order valence-corrected chi connectivity index (χ0v) is 30.6. The SMILES string of the molecule is CC(=O)O[C@H]1C[C@@H]2[C@]3(CC[C@]4(C)[C@@H]([C@@]5(C)CC[C@@H](C(C)(C)OC(C)=O)O5)[C@@H](OC(C)=O)C[C@@]24C)C[C@@]32CC[C@H](OC(C)=O)C(C)(C)[C@@H]12. The molecule has 0 aromatic carbocycles. The first kappa shape index (κ1) is 34.7. The molecule has 5 saturated carbocycles. The van der Waals surface area contributed by atoms with Gasteiger partial charge in [-0.1, -0.05) is 27.7 Å². The first-order valence-electron chi connectivity index (χ1n) is 18.0. The van der Waals surface area contributed by atoms with Crippen LogP contribution >= 0.6 is 0 Å². The molecular weight excluding hydrogens is 600 g/mol. The molecule has 0 aromatic rings. The van der Waals surface area contributed by atoms with E-state index in [1.807, 2.05) is 13.8 Å². The van der Waals surface area contributed by atoms with Gasteiger partial charge >= 0.3 is 23.9 Å². The minimum absolute atomic E-state index is 0.00243. The van der Waals surface area contributed by atoms with Gasteiger partial charge in [-0.2, -0.15) is 0 Å². The molecule has 1 saturated heterocycles. The van der Waals surface area contributed by atoms with Crippen molar-refractivity contribution in [3.05, 3.63) is 0 Å². The number of fused-ring (bicyclic) bond motifs is 2. The van der Waals surface area contributed by atoms with Crippen molar-refractivity contribution in [1.82, 2.24) is 0 Å². The normalized spacial score (nSPS) is 47.8. The summed E-state index contributed by atoms with van der Waals surface area (Å²) in [5.41, 5.74) is -2.06. The molecule has 0 radical (unpaired) electrons. The average molecular weight is 659 g/mol. The highest BCUT2D eigenvalue weighted by Crippen LogP contribution is 2.89. The molecule has 6 fully saturated rings. The Morgan fingerprint density at radius 2 is 1.30 bits per heavy atom. The fourth-order valence-electron chi connectivity index (χ4n) is 13.5. The Bertz CT molecular complexity index is 1350. The van der Waals surface area contributed by atoms with Gasteiger partial charge < -0.3 is 23.7 Å². The van der Waals surface area contributed by atoms with Gasteiger partial charge in [-0.15, -0.1) is 0 Å². The number of hydrogen-bond donors (Lipinski definition) is 0. The van der Waals surface area contributed by atoms with Crippen LogP contribution in [0.4, 0.5) is 0 Å². The molecule has 0 bridgehead atoms. The summed E-state index contributed by atoms with van der Waals surface area (Å²) in [6, 6.07) is 0. The van der Waals surface area contributed by atoms with E-state index in [9.17, 15) is 19.2 Å². The summed E-state index contributed by atoms with van der Waals surface area (Å²) in [6.07, 6.45) is 6.77. The second-order valence-electron chi connectivity index (χ2n) is 18.2. The molecule has 0 amide bonds. The molecule has 6 rings (SSSR count). The van der Waals surface area contributed by atoms with Crippen LogP contribution in [0.1, 0.15) is 134 Å². The van der Waals surface area contributed by atoms with Gasteiger partial charge in [-0.25, -0.2) is 0 Å². The van der Waals surface area contributed by atoms with Crippen molar-refractivity contribution in [2.24, 2.45) is 44.8 Å². The lowest BCUT2D eigenvalue weighted by Gasteiger charge is -2.64. The first-order valence-corrected chi connectivity index (χ1v) is 18.0. The third-order valence-corrected chi connectivity index (χ3v) is 15.0. The van der Waals surface area contributed by atoms with Gasteiger partial charge in [0.15, 0.2) is 0 Å². The molecule has 9 nitrogen and oxygen atoms in total. The van der Waals surface area contributed by atoms with E-state index in [-0.39, 0.29) is 93.1 Å². The van der Waals surface area contributed by atoms with Crippen LogP contribution in [0.15, 0.2) is 0 Å². The van der Waals surface area contributed by atoms with Crippen LogP contribution < -0.4 is 0 Å². The van der Waals surface area contributed by atoms with Gasteiger partial charge in [0.25, 0.3) is 0 Å². The van der Waals surface area contributed by atoms with Gasteiger partial charge in [0, 0.05) is 44.9 Å². The van der Waals surface area contributed by atoms with Crippen LogP contribution in [-0.2, 0) is 42.9 Å². The number of hydrogen-bond acceptors (Lipinski definition) is 9. The molecule has 6 aliphatic rings. The summed E-state index contributed by atoms with van der Waals surface area (Å²) in [5, 5.41) is 0. The first-order chi connectivity index (χ1) is 21.6. The average Bonchev–Trinajstić information content (AvgIpc) is 3.26. The van der Waals surface area contributed by atoms with Crippen LogP contribution in [0.2, 0.25) is 0 Å². The molecule has 264 valence electrons. The third-order valence-electron chi connectivity index (χ3n) is 15.0. The molecule has 47 heavy (non-hydrogen) atoms. The zero-order valence-electron chi connectivity index (χ0n) is 30.6. The highest BCUT2D eigenvalue weighted by Gasteiger charge is 2.85. The van der Waals surface area contributed by atoms with E-state index in [2.05, 4.69) is 34.6 Å². The smallest absolute Gasteiger partial charge is 0.303 e. The maximum absolute atomic E-state index is 12.7. The maximum atomic E-state index is 12.7. The summed E-state index contributed by atoms with van der Waals surface area (Å²) in [5.74, 6) is -0.867. The molecule has 0 N–H and O–H groups in total. The van der Waals surface area contributed by atoms with Crippen molar-refractivity contribution in [3.8, 4) is 0 Å². The van der Waals surface area contributed by atoms with Gasteiger partial charge in [-0.3, -0.25) is 19.2 Å². The second kappa shape index (κ2) is 10.7. The lowest BCUT2D eigenvalue weighted by Crippen LogP contribution is -2.63. The van der Waals surface area contributed by atoms with Gasteiger partial charge in [0.1, 0.15) is 23.9 Å². The summed E-state index contributed by atoms with van der Waals surface area (Å²) < 4.78 is 31.2. The van der Waals surface area contributed by atoms with E-state index < -0.39 is 11.2 Å². The van der Waals surface area contributed by atoms with E-state index in [0.717, 1.165) is 57.8 Å². The Kier molecular flexibility index (Phi) is 7.88. The molecule has 5 aliphatic carbocycles. The summed E-state index contributed by atoms with van der Waals surface area (Å²) >= 11 is 0. The van der Waals surface area contributed by atoms with Crippen molar-refractivity contribution in [2.45, 2.75) is 170 Å². The van der Waals surface area contributed by atoms with Crippen LogP contribution in [0.25, 0.3) is 0 Å². The van der Waals surface area contributed by atoms with E-state index in [4.69, 9.17) is 23.7 Å². The Labute approximate surface area is 280 Å². The second-order valence-corrected chi connectivity index (χ2v) is 18.2. The van der Waals surface area contributed by atoms with Crippen LogP contribution in [0, 0.1) is 44.8 Å². The number of rotatable bonds is 6. The molecular formula is C38H58O9. The Balaban J connectivity index is 1.39. The molecule has 1 heterocycles. The Hall–Kier alpha value is -2.16. The van der Waals surface area contributed by atoms with Crippen molar-refractivity contribution < 1.29 is 42.9 Å². The summed E-state index contributed by atoms with van der Waals surface area (Å²) in [7, 11) is 0. The van der Waals surface area contributed by atoms with E-state index in [1.165, 1.54) is 27.7 Å². The summed E-state index contributed by atoms with van der Waals surface area (Å²) in [6.45, 7) is 21.1. The highest BCUT2D eigenvalue weighted by molar-refractivity contribution is 5.67. The van der Waals surface area contributed by atoms with Crippen molar-refractivity contribution >= 4 is 23.9 Å². The lowest BCUT2D eigenvalue weighted by atomic mass is 9.41. The predicted octanol–water partition coefficient (Wildman–Crippen LogP) is 6.72. The molecule has 0 aromatic heterocycles. The Morgan fingerprint density at radius 1 is 0.681 bits per heavy atom. The van der Waals surface area contributed by atoms with E-state index in [0.29, 0.717) is 0 Å². The molecule has 1 aliphatic heterocycles. The minimum Gasteiger partial charge on any atom is -0.462 e. The molecule has 12 atom stereocenters. The standard InChI is InChI=1S/C38H58O9/c1-21(39)43-25-18-27-35(10)19-26(44-22(2)40)31(36(11)14-12-29(47-36)33(7,8)46-24(4)42)34(35,9)16-17-37(27)20-38(37)15-13-28(45-23(3)41)32(5,6)30(25)38/h25-31H,12-20H2,1-11H3/t25-,26-,27-,28-,29-,30+,31-,34+,35-,36+,37-,38+/m0/s1. The van der Waals surface area contributed by atoms with Crippen LogP contribution in [0.3, 0.4) is 0 Å². The van der Waals surface area contributed by atoms with Crippen molar-refractivity contribution in [2.75, 3.05) is 0 Å². The number of ether oxygens (including phenoxy) is 5. The third kappa shape index (κ3) is 4.85. The zero-order chi connectivity index (χ0) is 34.8. The molecule has 9 heteroatoms. The maximum Gasteiger partial charge on any atom is 0.303 e. The van der Waals surface area contributed by atoms with Gasteiger partial charge in [-0.05, 0) is 106 Å². The highest BCUT2D eigenvalue weighted by atomic mass is 16.6. The van der Waals surface area contributed by atoms with Gasteiger partial charge in [0.2, 0.25) is 0 Å². The lowest BCUT2D eigenvalue weighted by molar-refractivity contribution is -0.225. The fourth-order valence-corrected chi connectivity index (χ4v) is 13.5. The monoisotopic (exact) mass is 658 g/mol. The van der Waals surface area contributed by atoms with Crippen LogP contribution in [0.5, 0.6) is 0 Å². The minimum atomic E-state index is -0.784. The fraction of sp³-hybridized carbons (Fsp3) is 0.895. The van der Waals surface area contributed by atoms with Crippen molar-refractivity contribution in [3.63, 3.8) is 0 Å². The quantitative estimate of drug-likeness (QED) is 0.227. The Morgan fingerprint density at radius 3 is 1.89 bits per heavy atom. The van der Waals surface area contributed by atoms with Gasteiger partial charge in [0.05, 0.1) is 11.7 Å². The molecule has 0 unspecified atom stereocenters.